The van der Waals surface area contributed by atoms with Crippen LogP contribution in [-0.4, -0.2) is 112 Å². The second kappa shape index (κ2) is 32.8. The molecule has 0 bridgehead atoms. The van der Waals surface area contributed by atoms with Crippen molar-refractivity contribution in [2.24, 2.45) is 17.2 Å². The zero-order valence-electron chi connectivity index (χ0n) is 46.3. The van der Waals surface area contributed by atoms with Crippen LogP contribution in [0, 0.1) is 0 Å². The van der Waals surface area contributed by atoms with Crippen molar-refractivity contribution < 1.29 is 33.6 Å². The van der Waals surface area contributed by atoms with Crippen LogP contribution in [0.5, 0.6) is 0 Å². The Kier molecular flexibility index (Phi) is 25.4. The van der Waals surface area contributed by atoms with Crippen molar-refractivity contribution in [1.29, 1.82) is 0 Å². The van der Waals surface area contributed by atoms with Crippen molar-refractivity contribution in [3.8, 4) is 0 Å². The van der Waals surface area contributed by atoms with Crippen LogP contribution in [0.1, 0.15) is 146 Å². The lowest BCUT2D eigenvalue weighted by Crippen LogP contribution is -2.60. The molecule has 1 aliphatic rings. The number of benzene rings is 3. The summed E-state index contributed by atoms with van der Waals surface area (Å²) in [6, 6.07) is 17.9. The number of amides is 7. The van der Waals surface area contributed by atoms with E-state index in [-0.39, 0.29) is 44.6 Å². The molecule has 18 nitrogen and oxygen atoms in total. The van der Waals surface area contributed by atoms with Gasteiger partial charge in [0.15, 0.2) is 0 Å². The number of nitrogens with zero attached hydrogens (tertiary/aromatic N) is 1. The third-order valence-corrected chi connectivity index (χ3v) is 15.2. The number of aromatic nitrogens is 2. The van der Waals surface area contributed by atoms with E-state index in [1.165, 1.54) is 43.4 Å². The predicted octanol–water partition coefficient (Wildman–Crippen LogP) is 6.15. The summed E-state index contributed by atoms with van der Waals surface area (Å²) in [5.41, 5.74) is 21.6. The van der Waals surface area contributed by atoms with E-state index in [1.54, 1.807) is 12.4 Å². The number of nitrogens with two attached hydrogens (primary N) is 3. The number of carbonyl (C=O) groups excluding carboxylic acids is 7. The lowest BCUT2D eigenvalue weighted by Gasteiger charge is -2.31. The van der Waals surface area contributed by atoms with Crippen molar-refractivity contribution in [2.75, 3.05) is 19.6 Å². The van der Waals surface area contributed by atoms with Gasteiger partial charge < -0.3 is 58.7 Å². The molecule has 7 amide bonds. The summed E-state index contributed by atoms with van der Waals surface area (Å²) < 4.78 is 0. The van der Waals surface area contributed by atoms with Crippen molar-refractivity contribution in [2.45, 2.75) is 184 Å². The predicted molar refractivity (Wildman–Crippen MR) is 310 cm³/mol. The molecule has 1 fully saturated rings. The summed E-state index contributed by atoms with van der Waals surface area (Å²) in [5.74, 6) is -3.81. The van der Waals surface area contributed by atoms with Crippen LogP contribution in [-0.2, 0) is 52.8 Å². The Morgan fingerprint density at radius 3 is 1.61 bits per heavy atom. The topological polar surface area (TPSA) is 293 Å². The third kappa shape index (κ3) is 19.1. The molecule has 0 unspecified atom stereocenters. The first-order valence-electron chi connectivity index (χ1n) is 29.0. The molecule has 13 N–H and O–H groups in total. The fraction of sp³-hybridized carbons (Fsp3) is 0.525. The minimum Gasteiger partial charge on any atom is -0.368 e. The van der Waals surface area contributed by atoms with Crippen molar-refractivity contribution in [3.05, 3.63) is 108 Å². The molecule has 0 spiro atoms. The molecule has 0 aliphatic carbocycles. The number of fused-ring (bicyclic) bond motifs is 2. The van der Waals surface area contributed by atoms with Crippen LogP contribution in [0.25, 0.3) is 21.8 Å². The van der Waals surface area contributed by atoms with Gasteiger partial charge in [-0.2, -0.15) is 0 Å². The third-order valence-electron chi connectivity index (χ3n) is 15.2. The van der Waals surface area contributed by atoms with Gasteiger partial charge in [0.25, 0.3) is 0 Å². The number of carbonyl (C=O) groups is 7. The Bertz CT molecular complexity index is 2720. The maximum atomic E-state index is 15.0. The number of unbranched alkanes of at least 4 members (excludes halogenated alkanes) is 11. The SMILES string of the molecule is CCCCCCCCCCCCC(=O)N[C@@H](CCCCN)C(=O)N[C@@H](Cc1ccccc1)C(=O)N[C@@H](CCCCN)C(=O)N[C@@H](Cc1c[nH]c2ccccc12)C(=O)N1CCC[C@H]1C(=O)N[C@@H](Cc1c[nH]c2ccccc12)C(N)=O. The fourth-order valence-electron chi connectivity index (χ4n) is 10.7. The highest BCUT2D eigenvalue weighted by atomic mass is 16.2. The van der Waals surface area contributed by atoms with Gasteiger partial charge in [-0.25, -0.2) is 0 Å². The van der Waals surface area contributed by atoms with E-state index >= 15 is 4.79 Å². The molecular formula is C61H87N11O7. The fourth-order valence-corrected chi connectivity index (χ4v) is 10.7. The number of rotatable bonds is 36. The monoisotopic (exact) mass is 1090 g/mol. The smallest absolute Gasteiger partial charge is 0.246 e. The van der Waals surface area contributed by atoms with E-state index in [4.69, 9.17) is 17.2 Å². The maximum Gasteiger partial charge on any atom is 0.246 e. The van der Waals surface area contributed by atoms with Crippen molar-refractivity contribution >= 4 is 63.2 Å². The number of para-hydroxylation sites is 2. The van der Waals surface area contributed by atoms with Gasteiger partial charge in [-0.3, -0.25) is 33.6 Å². The quantitative estimate of drug-likeness (QED) is 0.0206. The van der Waals surface area contributed by atoms with Crippen LogP contribution < -0.4 is 43.8 Å². The molecule has 18 heteroatoms. The van der Waals surface area contributed by atoms with E-state index in [2.05, 4.69) is 43.5 Å². The van der Waals surface area contributed by atoms with E-state index in [0.717, 1.165) is 57.8 Å². The highest BCUT2D eigenvalue weighted by Gasteiger charge is 2.40. The zero-order valence-corrected chi connectivity index (χ0v) is 46.3. The lowest BCUT2D eigenvalue weighted by molar-refractivity contribution is -0.142. The molecule has 2 aromatic heterocycles. The second-order valence-electron chi connectivity index (χ2n) is 21.3. The molecule has 1 saturated heterocycles. The van der Waals surface area contributed by atoms with Gasteiger partial charge in [-0.1, -0.05) is 131 Å². The molecule has 3 aromatic carbocycles. The van der Waals surface area contributed by atoms with Gasteiger partial charge in [0.1, 0.15) is 36.3 Å². The number of H-pyrrole nitrogens is 2. The molecule has 5 aromatic rings. The summed E-state index contributed by atoms with van der Waals surface area (Å²) >= 11 is 0. The van der Waals surface area contributed by atoms with Gasteiger partial charge in [-0.05, 0) is 99.7 Å². The van der Waals surface area contributed by atoms with Gasteiger partial charge in [-0.15, -0.1) is 0 Å². The number of hydrogen-bond donors (Lipinski definition) is 10. The van der Waals surface area contributed by atoms with E-state index in [1.807, 2.05) is 78.9 Å². The van der Waals surface area contributed by atoms with Gasteiger partial charge in [0.2, 0.25) is 41.4 Å². The number of likely N-dealkylation sites (tertiary alicyclic amines) is 1. The molecule has 79 heavy (non-hydrogen) atoms. The summed E-state index contributed by atoms with van der Waals surface area (Å²) in [6.45, 7) is 3.18. The summed E-state index contributed by atoms with van der Waals surface area (Å²) in [6.07, 6.45) is 18.9. The molecule has 6 rings (SSSR count). The number of aromatic amines is 2. The largest absolute Gasteiger partial charge is 0.368 e. The van der Waals surface area contributed by atoms with Gasteiger partial charge in [0.05, 0.1) is 0 Å². The van der Waals surface area contributed by atoms with E-state index < -0.39 is 71.7 Å². The van der Waals surface area contributed by atoms with Crippen LogP contribution in [0.15, 0.2) is 91.3 Å². The molecule has 0 radical (unpaired) electrons. The normalized spacial score (nSPS) is 15.2. The zero-order chi connectivity index (χ0) is 56.4. The highest BCUT2D eigenvalue weighted by molar-refractivity contribution is 5.98. The number of nitrogens with one attached hydrogen (secondary N) is 7. The van der Waals surface area contributed by atoms with Crippen LogP contribution in [0.2, 0.25) is 0 Å². The lowest BCUT2D eigenvalue weighted by atomic mass is 10.0. The molecule has 3 heterocycles. The average Bonchev–Trinajstić information content (AvgIpc) is 4.29. The first kappa shape index (κ1) is 61.2. The van der Waals surface area contributed by atoms with Crippen molar-refractivity contribution in [1.82, 2.24) is 41.5 Å². The molecule has 0 saturated carbocycles. The first-order chi connectivity index (χ1) is 38.4. The average molecular weight is 1090 g/mol. The van der Waals surface area contributed by atoms with Crippen LogP contribution >= 0.6 is 0 Å². The summed E-state index contributed by atoms with van der Waals surface area (Å²) in [4.78, 5) is 107. The van der Waals surface area contributed by atoms with E-state index in [0.29, 0.717) is 64.5 Å². The number of hydrogen-bond acceptors (Lipinski definition) is 9. The second-order valence-corrected chi connectivity index (χ2v) is 21.3. The van der Waals surface area contributed by atoms with Gasteiger partial charge in [0, 0.05) is 66.4 Å². The van der Waals surface area contributed by atoms with Crippen LogP contribution in [0.3, 0.4) is 0 Å². The Labute approximate surface area is 465 Å². The molecule has 1 aliphatic heterocycles. The molecule has 428 valence electrons. The van der Waals surface area contributed by atoms with E-state index in [9.17, 15) is 28.8 Å². The Balaban J connectivity index is 1.18. The minimum absolute atomic E-state index is 0.0382. The Morgan fingerprint density at radius 1 is 0.544 bits per heavy atom. The summed E-state index contributed by atoms with van der Waals surface area (Å²) in [5, 5.41) is 16.4. The standard InChI is InChI=1S/C61H87N11O7/c1-2-3-4-5-6-7-8-9-10-14-33-55(73)67-49(30-19-21-34-62)57(75)70-52(37-42-24-12-11-13-25-42)59(77)68-50(31-20-22-35-63)58(76)71-53(39-44-41-66-48-29-18-16-27-46(44)48)61(79)72-36-23-32-54(72)60(78)69-51(56(64)74)38-43-40-65-47-28-17-15-26-45(43)47/h11-13,15-18,24-29,40-41,49-54,65-66H,2-10,14,19-23,30-39,62-63H2,1H3,(H2,64,74)(H,67,73)(H,68,77)(H,69,78)(H,70,75)(H,71,76)/t49-,50-,51-,52-,53-,54-/m0/s1. The Morgan fingerprint density at radius 2 is 1.04 bits per heavy atom. The first-order valence-corrected chi connectivity index (χ1v) is 29.0. The Hall–Kier alpha value is -7.05. The van der Waals surface area contributed by atoms with Gasteiger partial charge >= 0.3 is 0 Å². The maximum absolute atomic E-state index is 15.0. The number of primary amides is 1. The molecular weight excluding hydrogens is 999 g/mol. The van der Waals surface area contributed by atoms with Crippen LogP contribution in [0.4, 0.5) is 0 Å². The van der Waals surface area contributed by atoms with Crippen molar-refractivity contribution in [3.63, 3.8) is 0 Å². The summed E-state index contributed by atoms with van der Waals surface area (Å²) in [7, 11) is 0. The molecule has 6 atom stereocenters. The minimum atomic E-state index is -1.20. The highest BCUT2D eigenvalue weighted by Crippen LogP contribution is 2.25.